The summed E-state index contributed by atoms with van der Waals surface area (Å²) in [7, 11) is 3.64. The number of methoxy groups -OCH3 is 2. The van der Waals surface area contributed by atoms with Crippen LogP contribution in [0.3, 0.4) is 0 Å². The minimum absolute atomic E-state index is 0.0110. The van der Waals surface area contributed by atoms with Crippen LogP contribution in [-0.4, -0.2) is 41.6 Å². The van der Waals surface area contributed by atoms with Gasteiger partial charge in [-0.2, -0.15) is 0 Å². The summed E-state index contributed by atoms with van der Waals surface area (Å²) in [6.45, 7) is 6.74. The first-order valence-corrected chi connectivity index (χ1v) is 17.4. The molecule has 0 saturated heterocycles. The average Bonchev–Trinajstić information content (AvgIpc) is 3.09. The van der Waals surface area contributed by atoms with E-state index in [0.29, 0.717) is 5.92 Å². The van der Waals surface area contributed by atoms with E-state index in [1.54, 1.807) is 7.11 Å². The Bertz CT molecular complexity index is 951. The molecule has 0 amide bonds. The Labute approximate surface area is 191 Å². The summed E-state index contributed by atoms with van der Waals surface area (Å²) in [5.74, 6) is 2.54. The van der Waals surface area contributed by atoms with Gasteiger partial charge in [-0.05, 0) is 0 Å². The quantitative estimate of drug-likeness (QED) is 0.466. The van der Waals surface area contributed by atoms with Crippen molar-refractivity contribution in [2.24, 2.45) is 11.3 Å². The number of hydrogen-bond acceptors (Lipinski definition) is 4. The van der Waals surface area contributed by atoms with Crippen molar-refractivity contribution in [1.82, 2.24) is 0 Å². The third kappa shape index (κ3) is 2.12. The summed E-state index contributed by atoms with van der Waals surface area (Å²) < 4.78 is 31.8. The van der Waals surface area contributed by atoms with Crippen LogP contribution in [-0.2, 0) is 16.6 Å². The molecule has 2 spiro atoms. The van der Waals surface area contributed by atoms with Crippen molar-refractivity contribution in [2.45, 2.75) is 90.2 Å². The predicted molar refractivity (Wildman–Crippen MR) is 118 cm³/mol. The first kappa shape index (κ1) is 21.0. The van der Waals surface area contributed by atoms with Crippen molar-refractivity contribution in [3.05, 3.63) is 23.3 Å². The number of fused-ring (bicyclic) bond motifs is 2. The van der Waals surface area contributed by atoms with Crippen molar-refractivity contribution in [1.29, 1.82) is 0 Å². The summed E-state index contributed by atoms with van der Waals surface area (Å²) in [5.41, 5.74) is 2.77. The van der Waals surface area contributed by atoms with Crippen LogP contribution in [0.25, 0.3) is 0 Å². The number of rotatable bonds is 3. The van der Waals surface area contributed by atoms with E-state index in [0.717, 1.165) is 30.8 Å². The molecule has 6 aliphatic rings. The van der Waals surface area contributed by atoms with E-state index in [2.05, 4.69) is 37.8 Å². The molecule has 4 bridgehead atoms. The third-order valence-electron chi connectivity index (χ3n) is 10.3. The summed E-state index contributed by atoms with van der Waals surface area (Å²) in [6, 6.07) is 4.41. The van der Waals surface area contributed by atoms with E-state index in [1.807, 2.05) is 7.11 Å². The number of halogens is 1. The van der Waals surface area contributed by atoms with Crippen LogP contribution in [0, 0.1) is 11.3 Å². The third-order valence-corrected chi connectivity index (χ3v) is 21.3. The normalized spacial score (nSPS) is 44.8. The van der Waals surface area contributed by atoms with Crippen LogP contribution in [0.1, 0.15) is 70.4 Å². The van der Waals surface area contributed by atoms with Crippen LogP contribution in [0.5, 0.6) is 11.5 Å². The molecule has 7 rings (SSSR count). The van der Waals surface area contributed by atoms with E-state index in [9.17, 15) is 3.44 Å². The van der Waals surface area contributed by atoms with Crippen molar-refractivity contribution >= 4 is 0 Å². The van der Waals surface area contributed by atoms with Crippen LogP contribution >= 0.6 is 0 Å². The van der Waals surface area contributed by atoms with Gasteiger partial charge in [-0.15, -0.1) is 0 Å². The molecule has 4 nitrogen and oxygen atoms in total. The SMILES string of the molecule is COc1ccc2c3c1O[C@H]1C4(OC)CCC5(C[C@@H]4[I-](C)(O)C(C)(C)C)[C@H](CCC[C@]315)C2. The predicted octanol–water partition coefficient (Wildman–Crippen LogP) is 1.48. The Morgan fingerprint density at radius 3 is 2.61 bits per heavy atom. The molecule has 1 aromatic rings. The minimum atomic E-state index is -3.20. The Morgan fingerprint density at radius 2 is 1.94 bits per heavy atom. The van der Waals surface area contributed by atoms with Gasteiger partial charge in [0.15, 0.2) is 0 Å². The second kappa shape index (κ2) is 6.12. The first-order chi connectivity index (χ1) is 14.6. The maximum atomic E-state index is 12.2. The van der Waals surface area contributed by atoms with E-state index >= 15 is 0 Å². The van der Waals surface area contributed by atoms with Gasteiger partial charge in [0, 0.05) is 0 Å². The molecule has 1 aromatic carbocycles. The van der Waals surface area contributed by atoms with Gasteiger partial charge in [0.1, 0.15) is 0 Å². The van der Waals surface area contributed by atoms with Gasteiger partial charge in [-0.1, -0.05) is 0 Å². The zero-order chi connectivity index (χ0) is 22.0. The maximum absolute atomic E-state index is 12.2. The van der Waals surface area contributed by atoms with E-state index in [1.165, 1.54) is 36.8 Å². The van der Waals surface area contributed by atoms with E-state index in [-0.39, 0.29) is 24.3 Å². The van der Waals surface area contributed by atoms with Gasteiger partial charge in [-0.25, -0.2) is 0 Å². The summed E-state index contributed by atoms with van der Waals surface area (Å²) in [4.78, 5) is 2.23. The van der Waals surface area contributed by atoms with Gasteiger partial charge in [0.2, 0.25) is 0 Å². The van der Waals surface area contributed by atoms with Crippen molar-refractivity contribution < 1.29 is 36.5 Å². The van der Waals surface area contributed by atoms with Gasteiger partial charge >= 0.3 is 192 Å². The van der Waals surface area contributed by atoms with Crippen molar-refractivity contribution in [2.75, 3.05) is 19.2 Å². The standard InChI is InChI=1S/C26H38IO4/c1-23(2,3)27(4,28)19-15-24-12-13-26(19,30-6)22-25(24)11-7-8-17(24)14-16-9-10-18(29-5)21(31-22)20(16)25/h9-10,17,19,22,28H,7-8,11-15H2,1-6H3/q-1/t17-,19+,22-,24?,25+,26?/m1/s1. The molecule has 4 fully saturated rings. The zero-order valence-electron chi connectivity index (χ0n) is 19.9. The summed E-state index contributed by atoms with van der Waals surface area (Å²) in [5, 5.41) is 0. The van der Waals surface area contributed by atoms with Gasteiger partial charge in [0.05, 0.1) is 0 Å². The van der Waals surface area contributed by atoms with Gasteiger partial charge < -0.3 is 0 Å². The number of alkyl halides is 3. The molecule has 7 atom stereocenters. The fourth-order valence-corrected chi connectivity index (χ4v) is 15.6. The molecular formula is C26H38IO4-. The Morgan fingerprint density at radius 1 is 1.16 bits per heavy atom. The summed E-state index contributed by atoms with van der Waals surface area (Å²) >= 11 is -3.20. The van der Waals surface area contributed by atoms with E-state index in [4.69, 9.17) is 14.2 Å². The Hall–Kier alpha value is -0.530. The van der Waals surface area contributed by atoms with E-state index < -0.39 is 24.4 Å². The molecule has 174 valence electrons. The molecule has 3 unspecified atom stereocenters. The second-order valence-corrected chi connectivity index (χ2v) is 21.5. The molecule has 1 N–H and O–H groups in total. The van der Waals surface area contributed by atoms with Crippen LogP contribution in [0.2, 0.25) is 0 Å². The van der Waals surface area contributed by atoms with Gasteiger partial charge in [-0.3, -0.25) is 0 Å². The van der Waals surface area contributed by atoms with Crippen LogP contribution in [0.4, 0.5) is 0 Å². The van der Waals surface area contributed by atoms with Crippen LogP contribution in [0.15, 0.2) is 12.1 Å². The average molecular weight is 541 g/mol. The van der Waals surface area contributed by atoms with Crippen LogP contribution < -0.4 is 28.3 Å². The molecular weight excluding hydrogens is 503 g/mol. The number of hydrogen-bond donors (Lipinski definition) is 1. The molecule has 1 heterocycles. The molecule has 1 aliphatic heterocycles. The van der Waals surface area contributed by atoms with Gasteiger partial charge in [0.25, 0.3) is 0 Å². The molecule has 5 aliphatic carbocycles. The molecule has 31 heavy (non-hydrogen) atoms. The zero-order valence-corrected chi connectivity index (χ0v) is 22.0. The fraction of sp³-hybridized carbons (Fsp3) is 0.769. The topological polar surface area (TPSA) is 47.9 Å². The molecule has 0 radical (unpaired) electrons. The van der Waals surface area contributed by atoms with Crippen molar-refractivity contribution in [3.8, 4) is 11.5 Å². The Kier molecular flexibility index (Phi) is 4.15. The summed E-state index contributed by atoms with van der Waals surface area (Å²) in [6.07, 6.45) is 8.24. The first-order valence-electron chi connectivity index (χ1n) is 11.9. The number of ether oxygens (including phenoxy) is 3. The Balaban J connectivity index is 1.64. The second-order valence-electron chi connectivity index (χ2n) is 11.8. The molecule has 4 saturated carbocycles. The fourth-order valence-electron chi connectivity index (χ4n) is 8.74. The molecule has 0 aromatic heterocycles. The monoisotopic (exact) mass is 541 g/mol. The molecule has 5 heteroatoms. The number of benzene rings is 1. The van der Waals surface area contributed by atoms with Crippen molar-refractivity contribution in [3.63, 3.8) is 0 Å².